The molecular weight excluding hydrogens is 364 g/mol. The van der Waals surface area contributed by atoms with Crippen molar-refractivity contribution >= 4 is 6.09 Å². The molecule has 29 heavy (non-hydrogen) atoms. The van der Waals surface area contributed by atoms with E-state index < -0.39 is 11.1 Å². The summed E-state index contributed by atoms with van der Waals surface area (Å²) in [6.07, 6.45) is 1.08. The van der Waals surface area contributed by atoms with Crippen LogP contribution in [-0.2, 0) is 11.3 Å². The number of hydrogen-bond acceptors (Lipinski definition) is 5. The van der Waals surface area contributed by atoms with Crippen LogP contribution in [0.2, 0.25) is 0 Å². The van der Waals surface area contributed by atoms with Gasteiger partial charge in [-0.1, -0.05) is 30.3 Å². The number of amides is 1. The zero-order valence-electron chi connectivity index (χ0n) is 18.2. The number of likely N-dealkylation sites (tertiary alicyclic amines) is 1. The summed E-state index contributed by atoms with van der Waals surface area (Å²) in [5.41, 5.74) is 0.352. The topological polar surface area (TPSA) is 59.8 Å². The molecular formula is C23H34N4O2. The molecule has 1 amide bonds. The molecule has 0 radical (unpaired) electrons. The summed E-state index contributed by atoms with van der Waals surface area (Å²) in [6.45, 7) is 12.7. The van der Waals surface area contributed by atoms with Crippen LogP contribution in [0.5, 0.6) is 0 Å². The SMILES string of the molecule is CC1CN(C2(C#N)CCN(C(=O)OC(C)(C)C)CC2)CCN1Cc1ccccc1. The van der Waals surface area contributed by atoms with Crippen LogP contribution in [0.15, 0.2) is 30.3 Å². The van der Waals surface area contributed by atoms with Crippen LogP contribution in [-0.4, -0.2) is 70.7 Å². The van der Waals surface area contributed by atoms with Gasteiger partial charge in [0.15, 0.2) is 0 Å². The molecule has 2 aliphatic heterocycles. The second kappa shape index (κ2) is 8.73. The van der Waals surface area contributed by atoms with Gasteiger partial charge in [0.05, 0.1) is 6.07 Å². The Balaban J connectivity index is 1.57. The van der Waals surface area contributed by atoms with Crippen LogP contribution in [0.25, 0.3) is 0 Å². The van der Waals surface area contributed by atoms with Crippen molar-refractivity contribution in [3.63, 3.8) is 0 Å². The summed E-state index contributed by atoms with van der Waals surface area (Å²) in [4.78, 5) is 19.0. The molecule has 2 saturated heterocycles. The highest BCUT2D eigenvalue weighted by atomic mass is 16.6. The average Bonchev–Trinajstić information content (AvgIpc) is 2.69. The van der Waals surface area contributed by atoms with Gasteiger partial charge in [0.2, 0.25) is 0 Å². The molecule has 158 valence electrons. The minimum absolute atomic E-state index is 0.273. The number of ether oxygens (including phenoxy) is 1. The molecule has 1 aromatic rings. The van der Waals surface area contributed by atoms with Crippen LogP contribution < -0.4 is 0 Å². The number of rotatable bonds is 3. The van der Waals surface area contributed by atoms with Crippen molar-refractivity contribution < 1.29 is 9.53 Å². The predicted molar refractivity (Wildman–Crippen MR) is 113 cm³/mol. The second-order valence-corrected chi connectivity index (χ2v) is 9.36. The summed E-state index contributed by atoms with van der Waals surface area (Å²) >= 11 is 0. The maximum atomic E-state index is 12.4. The lowest BCUT2D eigenvalue weighted by Crippen LogP contribution is -2.62. The Morgan fingerprint density at radius 2 is 1.83 bits per heavy atom. The lowest BCUT2D eigenvalue weighted by atomic mass is 9.86. The van der Waals surface area contributed by atoms with Gasteiger partial charge < -0.3 is 9.64 Å². The Labute approximate surface area is 175 Å². The monoisotopic (exact) mass is 398 g/mol. The molecule has 3 rings (SSSR count). The van der Waals surface area contributed by atoms with Crippen molar-refractivity contribution in [2.24, 2.45) is 0 Å². The number of nitriles is 1. The molecule has 0 N–H and O–H groups in total. The zero-order chi connectivity index (χ0) is 21.1. The van der Waals surface area contributed by atoms with Crippen LogP contribution in [0.3, 0.4) is 0 Å². The molecule has 2 fully saturated rings. The molecule has 0 aromatic heterocycles. The van der Waals surface area contributed by atoms with Crippen molar-refractivity contribution in [1.29, 1.82) is 5.26 Å². The third kappa shape index (κ3) is 5.29. The number of piperidine rings is 1. The van der Waals surface area contributed by atoms with Gasteiger partial charge in [-0.2, -0.15) is 5.26 Å². The highest BCUT2D eigenvalue weighted by Gasteiger charge is 2.44. The number of nitrogens with zero attached hydrogens (tertiary/aromatic N) is 4. The van der Waals surface area contributed by atoms with E-state index in [0.717, 1.165) is 26.2 Å². The van der Waals surface area contributed by atoms with E-state index in [1.54, 1.807) is 4.90 Å². The Morgan fingerprint density at radius 3 is 2.38 bits per heavy atom. The lowest BCUT2D eigenvalue weighted by molar-refractivity contribution is -0.0157. The van der Waals surface area contributed by atoms with Crippen molar-refractivity contribution in [3.8, 4) is 6.07 Å². The Hall–Kier alpha value is -2.10. The predicted octanol–water partition coefficient (Wildman–Crippen LogP) is 3.49. The molecule has 2 aliphatic rings. The van der Waals surface area contributed by atoms with Crippen molar-refractivity contribution in [2.75, 3.05) is 32.7 Å². The van der Waals surface area contributed by atoms with E-state index in [-0.39, 0.29) is 6.09 Å². The zero-order valence-corrected chi connectivity index (χ0v) is 18.2. The van der Waals surface area contributed by atoms with Gasteiger partial charge in [-0.3, -0.25) is 9.80 Å². The maximum absolute atomic E-state index is 12.4. The van der Waals surface area contributed by atoms with E-state index in [1.165, 1.54) is 5.56 Å². The van der Waals surface area contributed by atoms with E-state index in [4.69, 9.17) is 4.74 Å². The second-order valence-electron chi connectivity index (χ2n) is 9.36. The van der Waals surface area contributed by atoms with Crippen LogP contribution in [0.4, 0.5) is 4.79 Å². The minimum Gasteiger partial charge on any atom is -0.444 e. The molecule has 0 saturated carbocycles. The molecule has 0 spiro atoms. The number of carbonyl (C=O) groups excluding carboxylic acids is 1. The normalized spacial score (nSPS) is 23.4. The Bertz CT molecular complexity index is 729. The van der Waals surface area contributed by atoms with E-state index >= 15 is 0 Å². The van der Waals surface area contributed by atoms with Gasteiger partial charge in [-0.05, 0) is 46.1 Å². The lowest BCUT2D eigenvalue weighted by Gasteiger charge is -2.49. The average molecular weight is 399 g/mol. The largest absolute Gasteiger partial charge is 0.444 e. The van der Waals surface area contributed by atoms with Gasteiger partial charge in [-0.15, -0.1) is 0 Å². The van der Waals surface area contributed by atoms with E-state index in [2.05, 4.69) is 47.1 Å². The Kier molecular flexibility index (Phi) is 6.50. The molecule has 2 heterocycles. The smallest absolute Gasteiger partial charge is 0.410 e. The van der Waals surface area contributed by atoms with Gasteiger partial charge >= 0.3 is 6.09 Å². The highest BCUT2D eigenvalue weighted by molar-refractivity contribution is 5.68. The third-order valence-electron chi connectivity index (χ3n) is 6.05. The molecule has 0 bridgehead atoms. The fourth-order valence-electron chi connectivity index (χ4n) is 4.32. The molecule has 1 aromatic carbocycles. The number of benzene rings is 1. The minimum atomic E-state index is -0.495. The third-order valence-corrected chi connectivity index (χ3v) is 6.05. The number of carbonyl (C=O) groups is 1. The quantitative estimate of drug-likeness (QED) is 0.780. The summed E-state index contributed by atoms with van der Waals surface area (Å²) < 4.78 is 5.50. The summed E-state index contributed by atoms with van der Waals surface area (Å²) in [6, 6.07) is 13.5. The molecule has 1 unspecified atom stereocenters. The van der Waals surface area contributed by atoms with Crippen LogP contribution in [0.1, 0.15) is 46.1 Å². The van der Waals surface area contributed by atoms with E-state index in [1.807, 2.05) is 26.8 Å². The summed E-state index contributed by atoms with van der Waals surface area (Å²) in [5.74, 6) is 0. The van der Waals surface area contributed by atoms with Gasteiger partial charge in [-0.25, -0.2) is 4.79 Å². The maximum Gasteiger partial charge on any atom is 0.410 e. The van der Waals surface area contributed by atoms with Crippen molar-refractivity contribution in [2.45, 2.75) is 64.3 Å². The fraction of sp³-hybridized carbons (Fsp3) is 0.652. The van der Waals surface area contributed by atoms with Crippen LogP contribution >= 0.6 is 0 Å². The highest BCUT2D eigenvalue weighted by Crippen LogP contribution is 2.31. The van der Waals surface area contributed by atoms with Crippen molar-refractivity contribution in [1.82, 2.24) is 14.7 Å². The molecule has 1 atom stereocenters. The molecule has 0 aliphatic carbocycles. The van der Waals surface area contributed by atoms with Gasteiger partial charge in [0.25, 0.3) is 0 Å². The summed E-state index contributed by atoms with van der Waals surface area (Å²) in [5, 5.41) is 10.1. The standard InChI is InChI=1S/C23H34N4O2/c1-19-16-27(15-14-26(19)17-20-8-6-5-7-9-20)23(18-24)10-12-25(13-11-23)21(28)29-22(2,3)4/h5-9,19H,10-17H2,1-4H3. The van der Waals surface area contributed by atoms with Crippen LogP contribution in [0, 0.1) is 11.3 Å². The number of hydrogen-bond donors (Lipinski definition) is 0. The number of piperazine rings is 1. The fourth-order valence-corrected chi connectivity index (χ4v) is 4.32. The first-order valence-corrected chi connectivity index (χ1v) is 10.6. The van der Waals surface area contributed by atoms with Gasteiger partial charge in [0.1, 0.15) is 11.1 Å². The molecule has 6 heteroatoms. The van der Waals surface area contributed by atoms with Crippen molar-refractivity contribution in [3.05, 3.63) is 35.9 Å². The first-order chi connectivity index (χ1) is 13.7. The summed E-state index contributed by atoms with van der Waals surface area (Å²) in [7, 11) is 0. The van der Waals surface area contributed by atoms with Gasteiger partial charge in [0, 0.05) is 45.3 Å². The molecule has 6 nitrogen and oxygen atoms in total. The van der Waals surface area contributed by atoms with E-state index in [0.29, 0.717) is 32.0 Å². The first-order valence-electron chi connectivity index (χ1n) is 10.6. The van der Waals surface area contributed by atoms with E-state index in [9.17, 15) is 10.1 Å². The Morgan fingerprint density at radius 1 is 1.17 bits per heavy atom. The first kappa shape index (κ1) is 21.6.